The van der Waals surface area contributed by atoms with Gasteiger partial charge >= 0.3 is 0 Å². The number of hydrogen-bond donors (Lipinski definition) is 1. The number of anilines is 2. The molecule has 1 aromatic heterocycles. The Morgan fingerprint density at radius 1 is 1.11 bits per heavy atom. The van der Waals surface area contributed by atoms with Gasteiger partial charge < -0.3 is 10.6 Å². The normalized spacial score (nSPS) is 12.3. The molecule has 1 aromatic carbocycles. The average Bonchev–Trinajstić information content (AvgIpc) is 2.37. The largest absolute Gasteiger partial charge is 0.329 e. The summed E-state index contributed by atoms with van der Waals surface area (Å²) in [6.45, 7) is 6.20. The number of aromatic nitrogens is 1. The molecule has 0 spiro atoms. The van der Waals surface area contributed by atoms with Gasteiger partial charge in [-0.15, -0.1) is 0 Å². The third-order valence-corrected chi connectivity index (χ3v) is 3.23. The second-order valence-corrected chi connectivity index (χ2v) is 5.14. The van der Waals surface area contributed by atoms with Gasteiger partial charge in [-0.25, -0.2) is 4.98 Å². The van der Waals surface area contributed by atoms with Crippen molar-refractivity contribution in [2.75, 3.05) is 11.9 Å². The van der Waals surface area contributed by atoms with Crippen molar-refractivity contribution in [1.29, 1.82) is 0 Å². The number of pyridine rings is 1. The Bertz CT molecular complexity index is 556. The first-order chi connectivity index (χ1) is 8.97. The van der Waals surface area contributed by atoms with Crippen LogP contribution in [0.1, 0.15) is 29.7 Å². The molecule has 1 atom stereocenters. The second kappa shape index (κ2) is 5.41. The molecule has 2 rings (SSSR count). The number of rotatable bonds is 3. The van der Waals surface area contributed by atoms with Gasteiger partial charge in [-0.1, -0.05) is 6.07 Å². The fourth-order valence-corrected chi connectivity index (χ4v) is 2.18. The van der Waals surface area contributed by atoms with Crippen LogP contribution in [-0.4, -0.2) is 12.0 Å². The minimum atomic E-state index is 0.0226. The molecule has 1 unspecified atom stereocenters. The van der Waals surface area contributed by atoms with Gasteiger partial charge in [0.1, 0.15) is 5.82 Å². The zero-order valence-electron chi connectivity index (χ0n) is 12.0. The van der Waals surface area contributed by atoms with Gasteiger partial charge in [-0.2, -0.15) is 0 Å². The Labute approximate surface area is 115 Å². The molecular formula is C16H21N3. The first kappa shape index (κ1) is 13.6. The zero-order chi connectivity index (χ0) is 14.0. The number of nitrogens with two attached hydrogens (primary N) is 1. The van der Waals surface area contributed by atoms with Crippen molar-refractivity contribution in [3.63, 3.8) is 0 Å². The quantitative estimate of drug-likeness (QED) is 0.913. The second-order valence-electron chi connectivity index (χ2n) is 5.14. The molecule has 3 heteroatoms. The topological polar surface area (TPSA) is 42.1 Å². The number of benzene rings is 1. The molecule has 2 aromatic rings. The Hall–Kier alpha value is -1.87. The van der Waals surface area contributed by atoms with Crippen LogP contribution in [0.4, 0.5) is 11.5 Å². The van der Waals surface area contributed by atoms with Gasteiger partial charge in [0, 0.05) is 25.0 Å². The zero-order valence-corrected chi connectivity index (χ0v) is 12.0. The molecule has 2 N–H and O–H groups in total. The summed E-state index contributed by atoms with van der Waals surface area (Å²) in [6, 6.07) is 10.5. The van der Waals surface area contributed by atoms with E-state index < -0.39 is 0 Å². The molecular weight excluding hydrogens is 234 g/mol. The van der Waals surface area contributed by atoms with E-state index in [0.717, 1.165) is 17.1 Å². The van der Waals surface area contributed by atoms with E-state index >= 15 is 0 Å². The van der Waals surface area contributed by atoms with Crippen LogP contribution in [-0.2, 0) is 0 Å². The number of nitrogens with zero attached hydrogens (tertiary/aromatic N) is 2. The lowest BCUT2D eigenvalue weighted by molar-refractivity contribution is 0.814. The van der Waals surface area contributed by atoms with Crippen LogP contribution in [0.25, 0.3) is 0 Å². The van der Waals surface area contributed by atoms with Crippen molar-refractivity contribution in [1.82, 2.24) is 4.98 Å². The summed E-state index contributed by atoms with van der Waals surface area (Å²) < 4.78 is 0. The maximum Gasteiger partial charge on any atom is 0.132 e. The van der Waals surface area contributed by atoms with Crippen molar-refractivity contribution >= 4 is 11.5 Å². The maximum absolute atomic E-state index is 5.92. The van der Waals surface area contributed by atoms with E-state index in [1.807, 2.05) is 32.3 Å². The SMILES string of the molecule is Cc1cc(C)cc(N(C)c2cc(C(C)N)ccn2)c1. The monoisotopic (exact) mass is 255 g/mol. The third kappa shape index (κ3) is 3.12. The highest BCUT2D eigenvalue weighted by Gasteiger charge is 2.08. The van der Waals surface area contributed by atoms with Crippen LogP contribution in [0.15, 0.2) is 36.5 Å². The van der Waals surface area contributed by atoms with Crippen LogP contribution in [0.3, 0.4) is 0 Å². The van der Waals surface area contributed by atoms with Crippen molar-refractivity contribution in [2.45, 2.75) is 26.8 Å². The summed E-state index contributed by atoms with van der Waals surface area (Å²) in [5.41, 5.74) is 10.7. The summed E-state index contributed by atoms with van der Waals surface area (Å²) in [6.07, 6.45) is 1.81. The van der Waals surface area contributed by atoms with Crippen LogP contribution in [0.2, 0.25) is 0 Å². The van der Waals surface area contributed by atoms with Crippen LogP contribution in [0.5, 0.6) is 0 Å². The maximum atomic E-state index is 5.92. The molecule has 19 heavy (non-hydrogen) atoms. The Morgan fingerprint density at radius 3 is 2.32 bits per heavy atom. The lowest BCUT2D eigenvalue weighted by Gasteiger charge is -2.20. The molecule has 0 saturated carbocycles. The summed E-state index contributed by atoms with van der Waals surface area (Å²) >= 11 is 0. The minimum absolute atomic E-state index is 0.0226. The van der Waals surface area contributed by atoms with Crippen molar-refractivity contribution in [3.8, 4) is 0 Å². The predicted octanol–water partition coefficient (Wildman–Crippen LogP) is 3.49. The van der Waals surface area contributed by atoms with Crippen LogP contribution in [0, 0.1) is 13.8 Å². The van der Waals surface area contributed by atoms with Gasteiger partial charge in [0.2, 0.25) is 0 Å². The van der Waals surface area contributed by atoms with E-state index in [1.165, 1.54) is 11.1 Å². The molecule has 0 bridgehead atoms. The first-order valence-electron chi connectivity index (χ1n) is 6.51. The molecule has 3 nitrogen and oxygen atoms in total. The molecule has 1 heterocycles. The van der Waals surface area contributed by atoms with Gasteiger partial charge in [0.05, 0.1) is 0 Å². The summed E-state index contributed by atoms with van der Waals surface area (Å²) in [7, 11) is 2.03. The molecule has 0 amide bonds. The lowest BCUT2D eigenvalue weighted by atomic mass is 10.1. The minimum Gasteiger partial charge on any atom is -0.329 e. The van der Waals surface area contributed by atoms with E-state index in [-0.39, 0.29) is 6.04 Å². The number of hydrogen-bond acceptors (Lipinski definition) is 3. The summed E-state index contributed by atoms with van der Waals surface area (Å²) in [5, 5.41) is 0. The standard InChI is InChI=1S/C16H21N3/c1-11-7-12(2)9-15(8-11)19(4)16-10-14(13(3)17)5-6-18-16/h5-10,13H,17H2,1-4H3. The summed E-state index contributed by atoms with van der Waals surface area (Å²) in [4.78, 5) is 6.52. The molecule has 100 valence electrons. The van der Waals surface area contributed by atoms with Crippen LogP contribution >= 0.6 is 0 Å². The van der Waals surface area contributed by atoms with E-state index in [4.69, 9.17) is 5.73 Å². The van der Waals surface area contributed by atoms with Gasteiger partial charge in [0.25, 0.3) is 0 Å². The molecule has 0 aliphatic rings. The van der Waals surface area contributed by atoms with E-state index in [0.29, 0.717) is 0 Å². The van der Waals surface area contributed by atoms with Crippen molar-refractivity contribution < 1.29 is 0 Å². The fraction of sp³-hybridized carbons (Fsp3) is 0.312. The van der Waals surface area contributed by atoms with Gasteiger partial charge in [-0.05, 0) is 61.7 Å². The molecule has 0 saturated heterocycles. The Morgan fingerprint density at radius 2 is 1.74 bits per heavy atom. The summed E-state index contributed by atoms with van der Waals surface area (Å²) in [5.74, 6) is 0.916. The predicted molar refractivity (Wildman–Crippen MR) is 80.8 cm³/mol. The fourth-order valence-electron chi connectivity index (χ4n) is 2.18. The van der Waals surface area contributed by atoms with E-state index in [1.54, 1.807) is 0 Å². The first-order valence-corrected chi connectivity index (χ1v) is 6.51. The smallest absolute Gasteiger partial charge is 0.132 e. The average molecular weight is 255 g/mol. The third-order valence-electron chi connectivity index (χ3n) is 3.23. The highest BCUT2D eigenvalue weighted by atomic mass is 15.2. The van der Waals surface area contributed by atoms with Gasteiger partial charge in [-0.3, -0.25) is 0 Å². The van der Waals surface area contributed by atoms with E-state index in [2.05, 4.69) is 41.9 Å². The Kier molecular flexibility index (Phi) is 3.86. The van der Waals surface area contributed by atoms with E-state index in [9.17, 15) is 0 Å². The molecule has 0 aliphatic heterocycles. The van der Waals surface area contributed by atoms with Crippen LogP contribution < -0.4 is 10.6 Å². The van der Waals surface area contributed by atoms with Crippen molar-refractivity contribution in [2.24, 2.45) is 5.73 Å². The molecule has 0 radical (unpaired) electrons. The number of aryl methyl sites for hydroxylation is 2. The Balaban J connectivity index is 2.38. The lowest BCUT2D eigenvalue weighted by Crippen LogP contribution is -2.13. The molecule has 0 aliphatic carbocycles. The molecule has 0 fully saturated rings. The van der Waals surface area contributed by atoms with Gasteiger partial charge in [0.15, 0.2) is 0 Å². The van der Waals surface area contributed by atoms with Crippen molar-refractivity contribution in [3.05, 3.63) is 53.2 Å². The highest BCUT2D eigenvalue weighted by Crippen LogP contribution is 2.25. The highest BCUT2D eigenvalue weighted by molar-refractivity contribution is 5.61.